The number of rotatable bonds is 3. The number of amides is 2. The normalized spacial score (nSPS) is 16.7. The zero-order valence-corrected chi connectivity index (χ0v) is 15.7. The number of hydrogen-bond donors (Lipinski definition) is 2. The molecule has 1 aromatic heterocycles. The summed E-state index contributed by atoms with van der Waals surface area (Å²) in [6.07, 6.45) is 2.85. The third kappa shape index (κ3) is 3.42. The van der Waals surface area contributed by atoms with E-state index in [4.69, 9.17) is 5.73 Å². The lowest BCUT2D eigenvalue weighted by molar-refractivity contribution is 0.1000. The van der Waals surface area contributed by atoms with E-state index in [0.29, 0.717) is 22.0 Å². The SMILES string of the molecule is C[C@@H]1CCc2c(sc(NC(=O)c3cccc(I)c3)c2C(N)=O)C1. The molecule has 3 rings (SSSR count). The monoisotopic (exact) mass is 440 g/mol. The van der Waals surface area contributed by atoms with Crippen LogP contribution in [0.2, 0.25) is 0 Å². The van der Waals surface area contributed by atoms with Gasteiger partial charge in [-0.3, -0.25) is 9.59 Å². The Kier molecular flexibility index (Phi) is 4.72. The number of carbonyl (C=O) groups excluding carboxylic acids is 2. The number of thiophene rings is 1. The summed E-state index contributed by atoms with van der Waals surface area (Å²) in [5.74, 6) is -0.0752. The van der Waals surface area contributed by atoms with Gasteiger partial charge in [0.1, 0.15) is 5.00 Å². The summed E-state index contributed by atoms with van der Waals surface area (Å²) in [4.78, 5) is 25.5. The van der Waals surface area contributed by atoms with Crippen molar-refractivity contribution in [1.82, 2.24) is 0 Å². The van der Waals surface area contributed by atoms with Crippen LogP contribution < -0.4 is 11.1 Å². The quantitative estimate of drug-likeness (QED) is 0.713. The summed E-state index contributed by atoms with van der Waals surface area (Å²) < 4.78 is 0.990. The third-order valence-electron chi connectivity index (χ3n) is 4.07. The molecule has 1 heterocycles. The maximum absolute atomic E-state index is 12.5. The molecule has 0 bridgehead atoms. The highest BCUT2D eigenvalue weighted by atomic mass is 127. The summed E-state index contributed by atoms with van der Waals surface area (Å²) in [7, 11) is 0. The fourth-order valence-corrected chi connectivity index (χ4v) is 4.86. The van der Waals surface area contributed by atoms with Gasteiger partial charge in [0.05, 0.1) is 5.56 Å². The second kappa shape index (κ2) is 6.60. The lowest BCUT2D eigenvalue weighted by atomic mass is 9.88. The van der Waals surface area contributed by atoms with E-state index in [1.807, 2.05) is 18.2 Å². The number of hydrogen-bond acceptors (Lipinski definition) is 3. The van der Waals surface area contributed by atoms with Gasteiger partial charge >= 0.3 is 0 Å². The van der Waals surface area contributed by atoms with Gasteiger partial charge in [-0.1, -0.05) is 13.0 Å². The molecule has 2 aromatic rings. The smallest absolute Gasteiger partial charge is 0.256 e. The van der Waals surface area contributed by atoms with Gasteiger partial charge in [-0.05, 0) is 71.5 Å². The summed E-state index contributed by atoms with van der Waals surface area (Å²) in [6, 6.07) is 7.34. The molecule has 3 N–H and O–H groups in total. The Balaban J connectivity index is 1.94. The molecule has 0 aliphatic heterocycles. The van der Waals surface area contributed by atoms with Crippen LogP contribution in [0, 0.1) is 9.49 Å². The highest BCUT2D eigenvalue weighted by Crippen LogP contribution is 2.39. The van der Waals surface area contributed by atoms with Gasteiger partial charge in [-0.15, -0.1) is 11.3 Å². The lowest BCUT2D eigenvalue weighted by Crippen LogP contribution is -2.19. The van der Waals surface area contributed by atoms with Gasteiger partial charge in [0.15, 0.2) is 0 Å². The third-order valence-corrected chi connectivity index (χ3v) is 5.91. The van der Waals surface area contributed by atoms with E-state index in [-0.39, 0.29) is 5.91 Å². The summed E-state index contributed by atoms with van der Waals surface area (Å²) >= 11 is 3.65. The minimum Gasteiger partial charge on any atom is -0.365 e. The van der Waals surface area contributed by atoms with Crippen molar-refractivity contribution < 1.29 is 9.59 Å². The Morgan fingerprint density at radius 1 is 1.39 bits per heavy atom. The molecule has 0 saturated carbocycles. The van der Waals surface area contributed by atoms with Crippen molar-refractivity contribution in [3.63, 3.8) is 0 Å². The molecule has 6 heteroatoms. The minimum absolute atomic E-state index is 0.210. The fraction of sp³-hybridized carbons (Fsp3) is 0.294. The van der Waals surface area contributed by atoms with Crippen LogP contribution in [0.3, 0.4) is 0 Å². The second-order valence-corrected chi connectivity index (χ2v) is 8.24. The molecule has 1 aliphatic carbocycles. The van der Waals surface area contributed by atoms with Crippen molar-refractivity contribution in [2.24, 2.45) is 11.7 Å². The molecule has 0 fully saturated rings. The number of nitrogens with two attached hydrogens (primary N) is 1. The van der Waals surface area contributed by atoms with E-state index in [9.17, 15) is 9.59 Å². The van der Waals surface area contributed by atoms with Crippen molar-refractivity contribution in [1.29, 1.82) is 0 Å². The predicted octanol–water partition coefficient (Wildman–Crippen LogP) is 3.83. The Morgan fingerprint density at radius 2 is 2.17 bits per heavy atom. The summed E-state index contributed by atoms with van der Waals surface area (Å²) in [5, 5.41) is 3.47. The van der Waals surface area contributed by atoms with Crippen molar-refractivity contribution in [3.05, 3.63) is 49.4 Å². The maximum atomic E-state index is 12.5. The highest BCUT2D eigenvalue weighted by molar-refractivity contribution is 14.1. The number of halogens is 1. The number of anilines is 1. The Labute approximate surface area is 152 Å². The number of nitrogens with one attached hydrogen (secondary N) is 1. The first-order valence-electron chi connectivity index (χ1n) is 7.47. The maximum Gasteiger partial charge on any atom is 0.256 e. The Hall–Kier alpha value is -1.41. The van der Waals surface area contributed by atoms with Gasteiger partial charge in [0.25, 0.3) is 11.8 Å². The Morgan fingerprint density at radius 3 is 2.87 bits per heavy atom. The number of carbonyl (C=O) groups is 2. The van der Waals surface area contributed by atoms with E-state index in [1.54, 1.807) is 6.07 Å². The molecule has 1 aliphatic rings. The molecule has 1 aromatic carbocycles. The van der Waals surface area contributed by atoms with Crippen molar-refractivity contribution in [3.8, 4) is 0 Å². The van der Waals surface area contributed by atoms with Crippen LogP contribution in [0.1, 0.15) is 44.5 Å². The molecule has 0 unspecified atom stereocenters. The van der Waals surface area contributed by atoms with Gasteiger partial charge in [-0.2, -0.15) is 0 Å². The largest absolute Gasteiger partial charge is 0.365 e. The average Bonchev–Trinajstić information content (AvgIpc) is 2.84. The van der Waals surface area contributed by atoms with Gasteiger partial charge in [0, 0.05) is 14.0 Å². The summed E-state index contributed by atoms with van der Waals surface area (Å²) in [6.45, 7) is 2.21. The van der Waals surface area contributed by atoms with Gasteiger partial charge in [0.2, 0.25) is 0 Å². The van der Waals surface area contributed by atoms with E-state index in [0.717, 1.165) is 28.4 Å². The first kappa shape index (κ1) is 16.4. The average molecular weight is 440 g/mol. The van der Waals surface area contributed by atoms with Crippen molar-refractivity contribution >= 4 is 50.7 Å². The van der Waals surface area contributed by atoms with E-state index < -0.39 is 5.91 Å². The predicted molar refractivity (Wildman–Crippen MR) is 101 cm³/mol. The van der Waals surface area contributed by atoms with Crippen molar-refractivity contribution in [2.75, 3.05) is 5.32 Å². The standard InChI is InChI=1S/C17H17IN2O2S/c1-9-5-6-12-13(7-9)23-17(14(12)15(19)21)20-16(22)10-3-2-4-11(18)8-10/h2-4,8-9H,5-7H2,1H3,(H2,19,21)(H,20,22)/t9-/m1/s1. The zero-order valence-electron chi connectivity index (χ0n) is 12.7. The lowest BCUT2D eigenvalue weighted by Gasteiger charge is -2.18. The number of fused-ring (bicyclic) bond motifs is 1. The molecule has 0 spiro atoms. The molecule has 2 amide bonds. The molecule has 0 radical (unpaired) electrons. The van der Waals surface area contributed by atoms with Crippen LogP contribution in [-0.2, 0) is 12.8 Å². The van der Waals surface area contributed by atoms with Crippen LogP contribution in [-0.4, -0.2) is 11.8 Å². The topological polar surface area (TPSA) is 72.2 Å². The van der Waals surface area contributed by atoms with E-state index >= 15 is 0 Å². The fourth-order valence-electron chi connectivity index (χ4n) is 2.90. The summed E-state index contributed by atoms with van der Waals surface area (Å²) in [5.41, 5.74) is 7.67. The molecule has 120 valence electrons. The molecule has 23 heavy (non-hydrogen) atoms. The number of primary amides is 1. The first-order valence-corrected chi connectivity index (χ1v) is 9.36. The molecular formula is C17H17IN2O2S. The van der Waals surface area contributed by atoms with Crippen LogP contribution in [0.5, 0.6) is 0 Å². The molecule has 4 nitrogen and oxygen atoms in total. The van der Waals surface area contributed by atoms with E-state index in [1.165, 1.54) is 16.2 Å². The second-order valence-electron chi connectivity index (χ2n) is 5.88. The minimum atomic E-state index is -0.463. The van der Waals surface area contributed by atoms with Gasteiger partial charge < -0.3 is 11.1 Å². The van der Waals surface area contributed by atoms with Crippen LogP contribution in [0.15, 0.2) is 24.3 Å². The van der Waals surface area contributed by atoms with Crippen molar-refractivity contribution in [2.45, 2.75) is 26.2 Å². The molecular weight excluding hydrogens is 423 g/mol. The van der Waals surface area contributed by atoms with Gasteiger partial charge in [-0.25, -0.2) is 0 Å². The highest BCUT2D eigenvalue weighted by Gasteiger charge is 2.27. The van der Waals surface area contributed by atoms with Crippen LogP contribution in [0.25, 0.3) is 0 Å². The first-order chi connectivity index (χ1) is 11.0. The van der Waals surface area contributed by atoms with Crippen LogP contribution >= 0.6 is 33.9 Å². The van der Waals surface area contributed by atoms with Crippen LogP contribution in [0.4, 0.5) is 5.00 Å². The zero-order chi connectivity index (χ0) is 16.6. The van der Waals surface area contributed by atoms with E-state index in [2.05, 4.69) is 34.8 Å². The number of benzene rings is 1. The molecule has 0 saturated heterocycles. The Bertz CT molecular complexity index is 785. The molecule has 1 atom stereocenters.